The van der Waals surface area contributed by atoms with Crippen LogP contribution in [0.1, 0.15) is 10.5 Å². The highest BCUT2D eigenvalue weighted by Gasteiger charge is 2.27. The van der Waals surface area contributed by atoms with Crippen molar-refractivity contribution in [3.8, 4) is 22.7 Å². The quantitative estimate of drug-likeness (QED) is 0.546. The number of alkyl halides is 1. The molecule has 2 heterocycles. The summed E-state index contributed by atoms with van der Waals surface area (Å²) in [6.07, 6.45) is 0. The van der Waals surface area contributed by atoms with Gasteiger partial charge in [-0.05, 0) is 36.4 Å². The molecule has 0 atom stereocenters. The number of halogens is 4. The van der Waals surface area contributed by atoms with Crippen LogP contribution in [0.5, 0.6) is 5.75 Å². The molecule has 1 N–H and O–H groups in total. The van der Waals surface area contributed by atoms with E-state index >= 15 is 0 Å². The number of amides is 2. The summed E-state index contributed by atoms with van der Waals surface area (Å²) in [6.45, 7) is 0.134. The lowest BCUT2D eigenvalue weighted by molar-refractivity contribution is -0.118. The molecule has 11 heteroatoms. The fraction of sp³-hybridized carbons (Fsp3) is 0.190. The minimum absolute atomic E-state index is 0.0180. The predicted octanol–water partition coefficient (Wildman–Crippen LogP) is 3.62. The fourth-order valence-corrected chi connectivity index (χ4v) is 3.48. The Morgan fingerprint density at radius 1 is 1.19 bits per heavy atom. The lowest BCUT2D eigenvalue weighted by Gasteiger charge is -2.11. The van der Waals surface area contributed by atoms with Crippen LogP contribution in [0.4, 0.5) is 8.78 Å². The van der Waals surface area contributed by atoms with Gasteiger partial charge >= 0.3 is 0 Å². The van der Waals surface area contributed by atoms with Crippen LogP contribution < -0.4 is 10.1 Å². The first-order chi connectivity index (χ1) is 15.4. The first-order valence-electron chi connectivity index (χ1n) is 9.47. The maximum absolute atomic E-state index is 14.3. The molecule has 0 saturated carbocycles. The molecule has 1 aliphatic rings. The third kappa shape index (κ3) is 4.53. The van der Waals surface area contributed by atoms with Crippen molar-refractivity contribution in [2.24, 2.45) is 0 Å². The highest BCUT2D eigenvalue weighted by molar-refractivity contribution is 6.30. The zero-order chi connectivity index (χ0) is 22.8. The summed E-state index contributed by atoms with van der Waals surface area (Å²) in [4.78, 5) is 25.7. The van der Waals surface area contributed by atoms with E-state index in [2.05, 4.69) is 10.4 Å². The van der Waals surface area contributed by atoms with Crippen LogP contribution in [-0.2, 0) is 4.79 Å². The molecule has 3 aromatic rings. The van der Waals surface area contributed by atoms with Gasteiger partial charge in [0, 0.05) is 11.6 Å². The third-order valence-electron chi connectivity index (χ3n) is 4.68. The number of hydrogen-bond acceptors (Lipinski definition) is 4. The number of aromatic nitrogens is 2. The van der Waals surface area contributed by atoms with Crippen molar-refractivity contribution in [2.75, 3.05) is 25.7 Å². The Kier molecular flexibility index (Phi) is 6.29. The highest BCUT2D eigenvalue weighted by atomic mass is 35.5. The van der Waals surface area contributed by atoms with Crippen LogP contribution in [0.25, 0.3) is 16.9 Å². The summed E-state index contributed by atoms with van der Waals surface area (Å²) in [5.41, 5.74) is 1.07. The zero-order valence-electron chi connectivity index (χ0n) is 16.4. The molecular weight excluding hydrogens is 465 g/mol. The number of carbonyl (C=O) groups excluding carboxylic acids is 2. The second-order valence-corrected chi connectivity index (χ2v) is 7.68. The van der Waals surface area contributed by atoms with E-state index in [1.54, 1.807) is 6.07 Å². The fourth-order valence-electron chi connectivity index (χ4n) is 3.23. The molecule has 0 spiro atoms. The molecule has 0 unspecified atom stereocenters. The molecular formula is C21H16Cl2F2N4O3. The van der Waals surface area contributed by atoms with Crippen LogP contribution >= 0.6 is 23.2 Å². The zero-order valence-corrected chi connectivity index (χ0v) is 18.0. The molecule has 1 aromatic heterocycles. The summed E-state index contributed by atoms with van der Waals surface area (Å²) in [7, 11) is 0. The van der Waals surface area contributed by atoms with Gasteiger partial charge in [-0.25, -0.2) is 13.5 Å². The Morgan fingerprint density at radius 3 is 2.69 bits per heavy atom. The second kappa shape index (κ2) is 9.13. The minimum atomic E-state index is -0.621. The van der Waals surface area contributed by atoms with Crippen LogP contribution in [0, 0.1) is 11.6 Å². The molecule has 7 nitrogen and oxygen atoms in total. The Morgan fingerprint density at radius 2 is 2.00 bits per heavy atom. The first-order valence-corrected chi connectivity index (χ1v) is 10.4. The number of benzene rings is 2. The molecule has 32 heavy (non-hydrogen) atoms. The second-order valence-electron chi connectivity index (χ2n) is 6.90. The normalized spacial score (nSPS) is 13.4. The molecule has 1 saturated heterocycles. The standard InChI is InChI=1S/C21H16Cl2F2N4O3/c22-3-4-32-15-6-12(5-13(24)7-15)19-9-18(21(31)28-10-20(30)26-11-28)27-29(19)14-1-2-17(25)16(23)8-14/h1-2,5-9H,3-4,10-11H2,(H,26,30). The van der Waals surface area contributed by atoms with Crippen molar-refractivity contribution in [3.05, 3.63) is 64.8 Å². The van der Waals surface area contributed by atoms with Crippen molar-refractivity contribution >= 4 is 35.0 Å². The van der Waals surface area contributed by atoms with E-state index in [9.17, 15) is 18.4 Å². The van der Waals surface area contributed by atoms with Gasteiger partial charge in [0.1, 0.15) is 30.5 Å². The van der Waals surface area contributed by atoms with E-state index in [1.807, 2.05) is 0 Å². The predicted molar refractivity (Wildman–Crippen MR) is 114 cm³/mol. The maximum Gasteiger partial charge on any atom is 0.276 e. The number of nitrogens with zero attached hydrogens (tertiary/aromatic N) is 3. The van der Waals surface area contributed by atoms with Crippen molar-refractivity contribution in [1.29, 1.82) is 0 Å². The SMILES string of the molecule is O=C1CN(C(=O)c2cc(-c3cc(F)cc(OCCCl)c3)n(-c3ccc(F)c(Cl)c3)n2)CN1. The smallest absolute Gasteiger partial charge is 0.276 e. The summed E-state index contributed by atoms with van der Waals surface area (Å²) in [6, 6.07) is 9.42. The number of rotatable bonds is 6. The van der Waals surface area contributed by atoms with Crippen molar-refractivity contribution in [3.63, 3.8) is 0 Å². The molecule has 0 bridgehead atoms. The molecule has 4 rings (SSSR count). The number of ether oxygens (including phenoxy) is 1. The molecule has 2 amide bonds. The van der Waals surface area contributed by atoms with E-state index in [-0.39, 0.29) is 48.1 Å². The molecule has 0 radical (unpaired) electrons. The van der Waals surface area contributed by atoms with Crippen LogP contribution in [0.3, 0.4) is 0 Å². The third-order valence-corrected chi connectivity index (χ3v) is 5.12. The molecule has 0 aliphatic carbocycles. The average Bonchev–Trinajstić information content (AvgIpc) is 3.40. The van der Waals surface area contributed by atoms with Gasteiger partial charge in [0.05, 0.1) is 29.0 Å². The lowest BCUT2D eigenvalue weighted by atomic mass is 10.1. The number of hydrogen-bond donors (Lipinski definition) is 1. The van der Waals surface area contributed by atoms with Crippen LogP contribution in [0.2, 0.25) is 5.02 Å². The Labute approximate surface area is 191 Å². The van der Waals surface area contributed by atoms with Crippen LogP contribution in [0.15, 0.2) is 42.5 Å². The Bertz CT molecular complexity index is 1200. The van der Waals surface area contributed by atoms with Crippen LogP contribution in [-0.4, -0.2) is 52.2 Å². The molecule has 166 valence electrons. The highest BCUT2D eigenvalue weighted by Crippen LogP contribution is 2.30. The largest absolute Gasteiger partial charge is 0.492 e. The van der Waals surface area contributed by atoms with Gasteiger partial charge in [-0.15, -0.1) is 11.6 Å². The average molecular weight is 481 g/mol. The van der Waals surface area contributed by atoms with E-state index < -0.39 is 17.5 Å². The van der Waals surface area contributed by atoms with Gasteiger partial charge < -0.3 is 15.0 Å². The van der Waals surface area contributed by atoms with Gasteiger partial charge in [-0.3, -0.25) is 9.59 Å². The summed E-state index contributed by atoms with van der Waals surface area (Å²) >= 11 is 11.6. The van der Waals surface area contributed by atoms with Gasteiger partial charge in [-0.1, -0.05) is 11.6 Å². The maximum atomic E-state index is 14.3. The summed E-state index contributed by atoms with van der Waals surface area (Å²) in [5.74, 6) is -1.50. The molecule has 2 aromatic carbocycles. The van der Waals surface area contributed by atoms with Gasteiger partial charge in [0.15, 0.2) is 5.69 Å². The number of carbonyl (C=O) groups is 2. The summed E-state index contributed by atoms with van der Waals surface area (Å²) < 4.78 is 34.8. The van der Waals surface area contributed by atoms with E-state index in [0.29, 0.717) is 16.9 Å². The van der Waals surface area contributed by atoms with Crippen molar-refractivity contribution in [2.45, 2.75) is 0 Å². The first kappa shape index (κ1) is 22.0. The summed E-state index contributed by atoms with van der Waals surface area (Å²) in [5, 5.41) is 6.75. The molecule has 1 fully saturated rings. The van der Waals surface area contributed by atoms with Gasteiger partial charge in [0.25, 0.3) is 5.91 Å². The van der Waals surface area contributed by atoms with Gasteiger partial charge in [0.2, 0.25) is 5.91 Å². The topological polar surface area (TPSA) is 76.5 Å². The molecule has 1 aliphatic heterocycles. The lowest BCUT2D eigenvalue weighted by Crippen LogP contribution is -2.30. The van der Waals surface area contributed by atoms with Gasteiger partial charge in [-0.2, -0.15) is 5.10 Å². The van der Waals surface area contributed by atoms with Crippen molar-refractivity contribution in [1.82, 2.24) is 20.0 Å². The monoisotopic (exact) mass is 480 g/mol. The Hall–Kier alpha value is -3.17. The van der Waals surface area contributed by atoms with E-state index in [4.69, 9.17) is 27.9 Å². The van der Waals surface area contributed by atoms with E-state index in [0.717, 1.165) is 6.07 Å². The number of nitrogens with one attached hydrogen (secondary N) is 1. The minimum Gasteiger partial charge on any atom is -0.492 e. The van der Waals surface area contributed by atoms with E-state index in [1.165, 1.54) is 39.9 Å². The van der Waals surface area contributed by atoms with Crippen molar-refractivity contribution < 1.29 is 23.1 Å². The Balaban J connectivity index is 1.82.